The number of urea groups is 1. The molecular weight excluding hydrogens is 222 g/mol. The smallest absolute Gasteiger partial charge is 0.368 e. The van der Waals surface area contributed by atoms with Gasteiger partial charge in [-0.2, -0.15) is 9.98 Å². The van der Waals surface area contributed by atoms with E-state index in [0.717, 1.165) is 0 Å². The van der Waals surface area contributed by atoms with Gasteiger partial charge in [0.2, 0.25) is 5.91 Å². The molecule has 2 N–H and O–H groups in total. The van der Waals surface area contributed by atoms with Gasteiger partial charge in [0.05, 0.1) is 17.1 Å². The van der Waals surface area contributed by atoms with Crippen molar-refractivity contribution in [2.45, 2.75) is 13.3 Å². The molecule has 88 valence electrons. The molecule has 17 heavy (non-hydrogen) atoms. The zero-order chi connectivity index (χ0) is 12.8. The van der Waals surface area contributed by atoms with Gasteiger partial charge in [-0.3, -0.25) is 9.59 Å². The molecule has 0 aromatic heterocycles. The molecule has 2 rings (SSSR count). The monoisotopic (exact) mass is 233 g/mol. The first-order valence-corrected chi connectivity index (χ1v) is 4.83. The number of hydrogen-bond donors (Lipinski definition) is 1. The van der Waals surface area contributed by atoms with Crippen molar-refractivity contribution in [2.24, 2.45) is 15.7 Å². The van der Waals surface area contributed by atoms with Crippen LogP contribution in [0.25, 0.3) is 0 Å². The molecule has 0 saturated carbocycles. The second kappa shape index (κ2) is 5.64. The predicted molar refractivity (Wildman–Crippen MR) is 58.6 cm³/mol. The maximum Gasteiger partial charge on any atom is 0.368 e. The summed E-state index contributed by atoms with van der Waals surface area (Å²) in [4.78, 5) is 37.6. The number of Topliss-reactive ketones (excluding diaryl/α,β-unsaturated/α-hetero) is 1. The van der Waals surface area contributed by atoms with Crippen LogP contribution in [0.3, 0.4) is 0 Å². The lowest BCUT2D eigenvalue weighted by Crippen LogP contribution is -2.19. The van der Waals surface area contributed by atoms with Gasteiger partial charge in [-0.25, -0.2) is 4.79 Å². The Balaban J connectivity index is 0.000000185. The maximum absolute atomic E-state index is 10.6. The van der Waals surface area contributed by atoms with Gasteiger partial charge in [-0.15, -0.1) is 0 Å². The molecule has 0 spiro atoms. The first-order valence-electron chi connectivity index (χ1n) is 4.83. The van der Waals surface area contributed by atoms with Crippen LogP contribution in [0.1, 0.15) is 13.3 Å². The van der Waals surface area contributed by atoms with Crippen LogP contribution in [-0.4, -0.2) is 17.7 Å². The third-order valence-electron chi connectivity index (χ3n) is 1.74. The number of nitrogens with zero attached hydrogens (tertiary/aromatic N) is 2. The number of ketones is 1. The fourth-order valence-electron chi connectivity index (χ4n) is 1.13. The van der Waals surface area contributed by atoms with E-state index < -0.39 is 11.9 Å². The average molecular weight is 233 g/mol. The van der Waals surface area contributed by atoms with E-state index in [1.807, 2.05) is 12.1 Å². The summed E-state index contributed by atoms with van der Waals surface area (Å²) < 4.78 is 0. The van der Waals surface area contributed by atoms with E-state index in [0.29, 0.717) is 10.7 Å². The number of hydrogen-bond acceptors (Lipinski definition) is 3. The lowest BCUT2D eigenvalue weighted by atomic mass is 10.3. The first-order chi connectivity index (χ1) is 7.99. The molecule has 1 aliphatic rings. The van der Waals surface area contributed by atoms with E-state index in [-0.39, 0.29) is 12.2 Å². The number of fused-ring (bicyclic) bond motifs is 1. The lowest BCUT2D eigenvalue weighted by molar-refractivity contribution is -0.125. The number of para-hydroxylation sites is 2. The Morgan fingerprint density at radius 1 is 1.18 bits per heavy atom. The van der Waals surface area contributed by atoms with E-state index >= 15 is 0 Å². The molecule has 1 aliphatic heterocycles. The molecular formula is C11H11N3O3. The van der Waals surface area contributed by atoms with Crippen molar-refractivity contribution in [3.8, 4) is 0 Å². The Labute approximate surface area is 96.9 Å². The van der Waals surface area contributed by atoms with E-state index in [2.05, 4.69) is 15.7 Å². The van der Waals surface area contributed by atoms with Gasteiger partial charge in [0.25, 0.3) is 0 Å². The highest BCUT2D eigenvalue weighted by Gasteiger charge is 2.01. The summed E-state index contributed by atoms with van der Waals surface area (Å²) in [5.41, 5.74) is 4.63. The van der Waals surface area contributed by atoms with Crippen LogP contribution in [-0.2, 0) is 9.59 Å². The van der Waals surface area contributed by atoms with Gasteiger partial charge in [-0.05, 0) is 19.1 Å². The molecule has 6 heteroatoms. The van der Waals surface area contributed by atoms with Crippen molar-refractivity contribution >= 4 is 17.7 Å². The van der Waals surface area contributed by atoms with Gasteiger partial charge in [0.15, 0.2) is 0 Å². The van der Waals surface area contributed by atoms with Crippen LogP contribution in [0.2, 0.25) is 0 Å². The Bertz CT molecular complexity index is 529. The van der Waals surface area contributed by atoms with Crippen LogP contribution in [0.4, 0.5) is 4.79 Å². The molecule has 0 radical (unpaired) electrons. The minimum Gasteiger partial charge on any atom is -0.369 e. The highest BCUT2D eigenvalue weighted by atomic mass is 16.2. The third kappa shape index (κ3) is 4.33. The topological polar surface area (TPSA) is 102 Å². The Morgan fingerprint density at radius 3 is 1.94 bits per heavy atom. The summed E-state index contributed by atoms with van der Waals surface area (Å²) in [5.74, 6) is -0.750. The maximum atomic E-state index is 10.6. The van der Waals surface area contributed by atoms with Crippen LogP contribution < -0.4 is 16.4 Å². The Morgan fingerprint density at radius 2 is 1.65 bits per heavy atom. The summed E-state index contributed by atoms with van der Waals surface area (Å²) in [7, 11) is 0. The number of rotatable bonds is 2. The van der Waals surface area contributed by atoms with Gasteiger partial charge in [-0.1, -0.05) is 12.1 Å². The standard InChI is InChI=1S/C7H4N2O.C4H7NO2/c10-7-8-5-3-1-2-4-6(5)9-7;1-3(6)2-4(5)7/h1-4H;2H2,1H3,(H2,5,7). The number of amides is 3. The molecule has 0 fully saturated rings. The van der Waals surface area contributed by atoms with E-state index in [1.165, 1.54) is 6.92 Å². The zero-order valence-electron chi connectivity index (χ0n) is 9.21. The van der Waals surface area contributed by atoms with Crippen LogP contribution in [0.5, 0.6) is 0 Å². The van der Waals surface area contributed by atoms with Gasteiger partial charge >= 0.3 is 6.03 Å². The number of nitrogens with two attached hydrogens (primary N) is 1. The second-order valence-corrected chi connectivity index (χ2v) is 3.34. The summed E-state index contributed by atoms with van der Waals surface area (Å²) in [6.07, 6.45) is -0.139. The highest BCUT2D eigenvalue weighted by Crippen LogP contribution is 1.83. The van der Waals surface area contributed by atoms with Crippen molar-refractivity contribution in [2.75, 3.05) is 0 Å². The number of benzene rings is 1. The molecule has 0 aliphatic carbocycles. The van der Waals surface area contributed by atoms with Crippen LogP contribution in [0.15, 0.2) is 34.3 Å². The van der Waals surface area contributed by atoms with Gasteiger partial charge in [0.1, 0.15) is 5.78 Å². The third-order valence-corrected chi connectivity index (χ3v) is 1.74. The van der Waals surface area contributed by atoms with Crippen molar-refractivity contribution in [1.29, 1.82) is 0 Å². The average Bonchev–Trinajstić information content (AvgIpc) is 2.56. The van der Waals surface area contributed by atoms with E-state index in [9.17, 15) is 14.4 Å². The second-order valence-electron chi connectivity index (χ2n) is 3.34. The Hall–Kier alpha value is -2.37. The highest BCUT2D eigenvalue weighted by molar-refractivity contribution is 5.95. The summed E-state index contributed by atoms with van der Waals surface area (Å²) >= 11 is 0. The largest absolute Gasteiger partial charge is 0.369 e. The molecule has 0 atom stereocenters. The minimum absolute atomic E-state index is 0.139. The summed E-state index contributed by atoms with van der Waals surface area (Å²) in [5, 5.41) is 1.35. The predicted octanol–water partition coefficient (Wildman–Crippen LogP) is -0.490. The fourth-order valence-corrected chi connectivity index (χ4v) is 1.13. The van der Waals surface area contributed by atoms with Crippen molar-refractivity contribution in [1.82, 2.24) is 0 Å². The number of primary amides is 1. The van der Waals surface area contributed by atoms with Crippen LogP contribution in [0, 0.1) is 0 Å². The summed E-state index contributed by atoms with van der Waals surface area (Å²) in [6, 6.07) is 6.79. The molecule has 6 nitrogen and oxygen atoms in total. The Kier molecular flexibility index (Phi) is 4.21. The van der Waals surface area contributed by atoms with E-state index in [4.69, 9.17) is 0 Å². The van der Waals surface area contributed by atoms with Gasteiger partial charge in [0, 0.05) is 0 Å². The molecule has 1 heterocycles. The fraction of sp³-hybridized carbons (Fsp3) is 0.182. The lowest BCUT2D eigenvalue weighted by Gasteiger charge is -1.82. The number of carbonyl (C=O) groups is 3. The first kappa shape index (κ1) is 12.7. The molecule has 0 saturated heterocycles. The molecule has 0 unspecified atom stereocenters. The molecule has 1 aromatic rings. The van der Waals surface area contributed by atoms with Crippen molar-refractivity contribution in [3.63, 3.8) is 0 Å². The van der Waals surface area contributed by atoms with Gasteiger partial charge < -0.3 is 5.73 Å². The molecule has 3 amide bonds. The minimum atomic E-state index is -0.562. The summed E-state index contributed by atoms with van der Waals surface area (Å²) in [6.45, 7) is 1.32. The quantitative estimate of drug-likeness (QED) is 0.697. The van der Waals surface area contributed by atoms with Crippen LogP contribution >= 0.6 is 0 Å². The van der Waals surface area contributed by atoms with E-state index in [1.54, 1.807) is 12.1 Å². The van der Waals surface area contributed by atoms with Crippen molar-refractivity contribution in [3.05, 3.63) is 35.0 Å². The van der Waals surface area contributed by atoms with Crippen molar-refractivity contribution < 1.29 is 14.4 Å². The molecule has 0 bridgehead atoms. The molecule has 1 aromatic carbocycles. The number of carbonyl (C=O) groups excluding carboxylic acids is 3. The SMILES string of the molecule is CC(=O)CC(N)=O.O=C1N=c2ccccc2=N1. The normalized spacial score (nSPS) is 11.5. The zero-order valence-corrected chi connectivity index (χ0v) is 9.21.